The van der Waals surface area contributed by atoms with E-state index in [0.717, 1.165) is 0 Å². The molecule has 0 aliphatic carbocycles. The molecule has 0 bridgehead atoms. The van der Waals surface area contributed by atoms with Crippen LogP contribution >= 0.6 is 0 Å². The molecule has 9 heteroatoms. The van der Waals surface area contributed by atoms with Gasteiger partial charge >= 0.3 is 12.4 Å². The van der Waals surface area contributed by atoms with E-state index in [4.69, 9.17) is 0 Å². The molecule has 1 saturated heterocycles. The summed E-state index contributed by atoms with van der Waals surface area (Å²) in [6.45, 7) is 0.116. The Morgan fingerprint density at radius 3 is 2.10 bits per heavy atom. The van der Waals surface area contributed by atoms with Gasteiger partial charge in [-0.25, -0.2) is 0 Å². The SMILES string of the molecule is O=C(c1cc(C(F)(F)F)cc(C(F)(F)F)c1Cc1ccccc1)N1CCC(O)CC1. The fourth-order valence-electron chi connectivity index (χ4n) is 3.51. The van der Waals surface area contributed by atoms with Gasteiger partial charge in [0, 0.05) is 18.7 Å². The topological polar surface area (TPSA) is 40.5 Å². The molecule has 0 radical (unpaired) electrons. The Morgan fingerprint density at radius 1 is 0.967 bits per heavy atom. The van der Waals surface area contributed by atoms with Gasteiger partial charge in [-0.05, 0) is 42.5 Å². The highest BCUT2D eigenvalue weighted by atomic mass is 19.4. The average Bonchev–Trinajstić information content (AvgIpc) is 2.67. The average molecular weight is 431 g/mol. The fourth-order valence-corrected chi connectivity index (χ4v) is 3.51. The lowest BCUT2D eigenvalue weighted by Crippen LogP contribution is -2.40. The lowest BCUT2D eigenvalue weighted by Gasteiger charge is -2.31. The zero-order valence-electron chi connectivity index (χ0n) is 15.7. The van der Waals surface area contributed by atoms with Crippen LogP contribution in [0, 0.1) is 0 Å². The van der Waals surface area contributed by atoms with Crippen molar-refractivity contribution >= 4 is 5.91 Å². The lowest BCUT2D eigenvalue weighted by atomic mass is 9.90. The van der Waals surface area contributed by atoms with Crippen LogP contribution in [0.25, 0.3) is 0 Å². The van der Waals surface area contributed by atoms with Crippen molar-refractivity contribution in [1.82, 2.24) is 4.90 Å². The van der Waals surface area contributed by atoms with Gasteiger partial charge in [0.05, 0.1) is 17.2 Å². The number of nitrogens with zero attached hydrogens (tertiary/aromatic N) is 1. The Morgan fingerprint density at radius 2 is 1.57 bits per heavy atom. The van der Waals surface area contributed by atoms with Gasteiger partial charge in [0.25, 0.3) is 5.91 Å². The number of amides is 1. The predicted octanol–water partition coefficient (Wildman–Crippen LogP) is 4.91. The third-order valence-electron chi connectivity index (χ3n) is 5.09. The Labute approximate surface area is 168 Å². The van der Waals surface area contributed by atoms with Gasteiger partial charge in [-0.15, -0.1) is 0 Å². The second-order valence-corrected chi connectivity index (χ2v) is 7.23. The number of aliphatic hydroxyl groups excluding tert-OH is 1. The molecule has 3 nitrogen and oxygen atoms in total. The third-order valence-corrected chi connectivity index (χ3v) is 5.09. The molecule has 1 N–H and O–H groups in total. The summed E-state index contributed by atoms with van der Waals surface area (Å²) >= 11 is 0. The molecule has 1 amide bonds. The van der Waals surface area contributed by atoms with Crippen molar-refractivity contribution in [2.24, 2.45) is 0 Å². The number of halogens is 6. The summed E-state index contributed by atoms with van der Waals surface area (Å²) in [6, 6.07) is 8.51. The molecule has 2 aromatic carbocycles. The van der Waals surface area contributed by atoms with Gasteiger partial charge in [0.1, 0.15) is 0 Å². The first kappa shape index (κ1) is 22.1. The van der Waals surface area contributed by atoms with Gasteiger partial charge in [-0.1, -0.05) is 30.3 Å². The minimum atomic E-state index is -5.07. The molecular weight excluding hydrogens is 412 g/mol. The quantitative estimate of drug-likeness (QED) is 0.702. The molecule has 0 spiro atoms. The van der Waals surface area contributed by atoms with Crippen molar-refractivity contribution in [3.8, 4) is 0 Å². The molecular formula is C21H19F6NO2. The van der Waals surface area contributed by atoms with E-state index in [9.17, 15) is 36.2 Å². The number of likely N-dealkylation sites (tertiary alicyclic amines) is 1. The van der Waals surface area contributed by atoms with Crippen LogP contribution in [0.3, 0.4) is 0 Å². The van der Waals surface area contributed by atoms with Crippen LogP contribution in [0.15, 0.2) is 42.5 Å². The maximum atomic E-state index is 13.7. The van der Waals surface area contributed by atoms with E-state index in [2.05, 4.69) is 0 Å². The Hall–Kier alpha value is -2.55. The van der Waals surface area contributed by atoms with Crippen molar-refractivity contribution < 1.29 is 36.2 Å². The summed E-state index contributed by atoms with van der Waals surface area (Å²) in [5.41, 5.74) is -3.66. The lowest BCUT2D eigenvalue weighted by molar-refractivity contribution is -0.143. The summed E-state index contributed by atoms with van der Waals surface area (Å²) in [5, 5.41) is 9.59. The van der Waals surface area contributed by atoms with Crippen molar-refractivity contribution in [3.63, 3.8) is 0 Å². The summed E-state index contributed by atoms with van der Waals surface area (Å²) in [5.74, 6) is -0.899. The summed E-state index contributed by atoms with van der Waals surface area (Å²) in [6.07, 6.45) is -10.7. The number of carbonyl (C=O) groups is 1. The Kier molecular flexibility index (Phi) is 6.12. The highest BCUT2D eigenvalue weighted by Gasteiger charge is 2.41. The van der Waals surface area contributed by atoms with E-state index in [1.807, 2.05) is 0 Å². The molecule has 0 atom stereocenters. The number of aliphatic hydroxyl groups is 1. The van der Waals surface area contributed by atoms with Crippen LogP contribution in [-0.2, 0) is 18.8 Å². The predicted molar refractivity (Wildman–Crippen MR) is 96.8 cm³/mol. The zero-order chi connectivity index (χ0) is 22.1. The number of rotatable bonds is 3. The third kappa shape index (κ3) is 4.95. The minimum Gasteiger partial charge on any atom is -0.393 e. The largest absolute Gasteiger partial charge is 0.416 e. The van der Waals surface area contributed by atoms with Crippen molar-refractivity contribution in [1.29, 1.82) is 0 Å². The number of piperidine rings is 1. The number of hydrogen-bond acceptors (Lipinski definition) is 2. The van der Waals surface area contributed by atoms with E-state index in [-0.39, 0.29) is 38.4 Å². The Bertz CT molecular complexity index is 900. The van der Waals surface area contributed by atoms with Crippen LogP contribution in [0.1, 0.15) is 45.5 Å². The van der Waals surface area contributed by atoms with Crippen molar-refractivity contribution in [3.05, 3.63) is 70.3 Å². The number of alkyl halides is 6. The monoisotopic (exact) mass is 431 g/mol. The molecule has 1 fully saturated rings. The summed E-state index contributed by atoms with van der Waals surface area (Å²) in [7, 11) is 0. The van der Waals surface area contributed by atoms with E-state index in [1.54, 1.807) is 30.3 Å². The normalized spacial score (nSPS) is 16.0. The molecule has 3 rings (SSSR count). The van der Waals surface area contributed by atoms with Crippen LogP contribution in [-0.4, -0.2) is 35.1 Å². The molecule has 0 aromatic heterocycles. The minimum absolute atomic E-state index is 0.0579. The second-order valence-electron chi connectivity index (χ2n) is 7.23. The number of hydrogen-bond donors (Lipinski definition) is 1. The maximum Gasteiger partial charge on any atom is 0.416 e. The molecule has 1 heterocycles. The smallest absolute Gasteiger partial charge is 0.393 e. The molecule has 2 aromatic rings. The van der Waals surface area contributed by atoms with E-state index < -0.39 is 46.6 Å². The van der Waals surface area contributed by atoms with E-state index >= 15 is 0 Å². The summed E-state index contributed by atoms with van der Waals surface area (Å²) in [4.78, 5) is 14.2. The highest BCUT2D eigenvalue weighted by Crippen LogP contribution is 2.40. The first-order valence-electron chi connectivity index (χ1n) is 9.29. The highest BCUT2D eigenvalue weighted by molar-refractivity contribution is 5.96. The number of carbonyl (C=O) groups excluding carboxylic acids is 1. The summed E-state index contributed by atoms with van der Waals surface area (Å²) < 4.78 is 81.2. The molecule has 1 aliphatic rings. The molecule has 1 aliphatic heterocycles. The van der Waals surface area contributed by atoms with Crippen LogP contribution < -0.4 is 0 Å². The fraction of sp³-hybridized carbons (Fsp3) is 0.381. The zero-order valence-corrected chi connectivity index (χ0v) is 15.7. The maximum absolute atomic E-state index is 13.7. The van der Waals surface area contributed by atoms with E-state index in [0.29, 0.717) is 11.6 Å². The van der Waals surface area contributed by atoms with Gasteiger partial charge in [-0.2, -0.15) is 26.3 Å². The molecule has 0 saturated carbocycles. The van der Waals surface area contributed by atoms with Gasteiger partial charge in [0.2, 0.25) is 0 Å². The van der Waals surface area contributed by atoms with Gasteiger partial charge in [-0.3, -0.25) is 4.79 Å². The second kappa shape index (κ2) is 8.29. The van der Waals surface area contributed by atoms with Crippen LogP contribution in [0.4, 0.5) is 26.3 Å². The van der Waals surface area contributed by atoms with Gasteiger partial charge < -0.3 is 10.0 Å². The standard InChI is InChI=1S/C21H19F6NO2/c22-20(23,24)14-11-17(19(30)28-8-6-15(29)7-9-28)16(18(12-14)21(25,26)27)10-13-4-2-1-3-5-13/h1-5,11-12,15,29H,6-10H2. The van der Waals surface area contributed by atoms with Crippen molar-refractivity contribution in [2.45, 2.75) is 37.7 Å². The van der Waals surface area contributed by atoms with Gasteiger partial charge in [0.15, 0.2) is 0 Å². The van der Waals surface area contributed by atoms with Crippen LogP contribution in [0.5, 0.6) is 0 Å². The van der Waals surface area contributed by atoms with E-state index in [1.165, 1.54) is 4.90 Å². The number of benzene rings is 2. The van der Waals surface area contributed by atoms with Crippen molar-refractivity contribution in [2.75, 3.05) is 13.1 Å². The molecule has 0 unspecified atom stereocenters. The Balaban J connectivity index is 2.16. The molecule has 30 heavy (non-hydrogen) atoms. The first-order chi connectivity index (χ1) is 14.0. The van der Waals surface area contributed by atoms with Crippen LogP contribution in [0.2, 0.25) is 0 Å². The molecule has 162 valence electrons. The first-order valence-corrected chi connectivity index (χ1v) is 9.29.